The zero-order valence-electron chi connectivity index (χ0n) is 13.8. The number of nitrogens with one attached hydrogen (secondary N) is 1. The van der Waals surface area contributed by atoms with Gasteiger partial charge in [0.25, 0.3) is 0 Å². The smallest absolute Gasteiger partial charge is 0.246 e. The monoisotopic (exact) mass is 357 g/mol. The molecule has 0 spiro atoms. The molecule has 1 N–H and O–H groups in total. The van der Waals surface area contributed by atoms with Crippen LogP contribution in [0.15, 0.2) is 53.8 Å². The number of sulfonamides is 1. The van der Waals surface area contributed by atoms with E-state index in [1.807, 2.05) is 29.9 Å². The molecule has 0 amide bonds. The van der Waals surface area contributed by atoms with Crippen LogP contribution in [-0.2, 0) is 17.1 Å². The molecule has 7 nitrogen and oxygen atoms in total. The van der Waals surface area contributed by atoms with Crippen LogP contribution in [0.4, 0.5) is 0 Å². The maximum absolute atomic E-state index is 13.4. The quantitative estimate of drug-likeness (QED) is 0.764. The number of rotatable bonds is 3. The summed E-state index contributed by atoms with van der Waals surface area (Å²) < 4.78 is 30.3. The number of pyridine rings is 1. The van der Waals surface area contributed by atoms with E-state index < -0.39 is 10.0 Å². The highest BCUT2D eigenvalue weighted by molar-refractivity contribution is 7.89. The lowest BCUT2D eigenvalue weighted by atomic mass is 10.2. The average molecular weight is 357 g/mol. The first-order chi connectivity index (χ1) is 12.1. The molecule has 2 aromatic heterocycles. The first kappa shape index (κ1) is 16.2. The van der Waals surface area contributed by atoms with E-state index in [1.54, 1.807) is 30.6 Å². The highest BCUT2D eigenvalue weighted by atomic mass is 32.2. The van der Waals surface area contributed by atoms with Crippen molar-refractivity contribution in [3.8, 4) is 0 Å². The normalized spacial score (nSPS) is 19.3. The van der Waals surface area contributed by atoms with Gasteiger partial charge in [0.05, 0.1) is 11.6 Å². The molecule has 4 rings (SSSR count). The molecule has 0 aliphatic carbocycles. The number of aromatic nitrogens is 3. The first-order valence-corrected chi connectivity index (χ1v) is 9.56. The van der Waals surface area contributed by atoms with Crippen LogP contribution in [0.2, 0.25) is 0 Å². The minimum atomic E-state index is -3.70. The Hall–Kier alpha value is -2.29. The van der Waals surface area contributed by atoms with Gasteiger partial charge in [-0.25, -0.2) is 13.4 Å². The van der Waals surface area contributed by atoms with Crippen molar-refractivity contribution in [3.63, 3.8) is 0 Å². The average Bonchev–Trinajstić information content (AvgIpc) is 3.07. The zero-order chi connectivity index (χ0) is 17.4. The van der Waals surface area contributed by atoms with Gasteiger partial charge >= 0.3 is 0 Å². The summed E-state index contributed by atoms with van der Waals surface area (Å²) in [6.07, 6.45) is 5.14. The van der Waals surface area contributed by atoms with Crippen LogP contribution in [-0.4, -0.2) is 46.9 Å². The highest BCUT2D eigenvalue weighted by Crippen LogP contribution is 2.30. The molecule has 1 aliphatic rings. The van der Waals surface area contributed by atoms with Gasteiger partial charge in [-0.15, -0.1) is 0 Å². The van der Waals surface area contributed by atoms with Gasteiger partial charge in [-0.3, -0.25) is 4.98 Å². The Morgan fingerprint density at radius 1 is 1.16 bits per heavy atom. The van der Waals surface area contributed by atoms with Gasteiger partial charge in [0, 0.05) is 50.7 Å². The Balaban J connectivity index is 1.84. The van der Waals surface area contributed by atoms with E-state index in [0.29, 0.717) is 25.2 Å². The molecule has 1 aromatic carbocycles. The lowest BCUT2D eigenvalue weighted by molar-refractivity contribution is 0.258. The van der Waals surface area contributed by atoms with Crippen molar-refractivity contribution in [1.29, 1.82) is 0 Å². The molecule has 0 radical (unpaired) electrons. The van der Waals surface area contributed by atoms with Crippen molar-refractivity contribution in [3.05, 3.63) is 54.7 Å². The number of piperazine rings is 1. The largest absolute Gasteiger partial charge is 0.337 e. The van der Waals surface area contributed by atoms with Crippen molar-refractivity contribution in [2.24, 2.45) is 7.05 Å². The SMILES string of the molecule is Cn1ccnc1C1CNCCN1S(=O)(=O)c1cccc2cccnc12. The molecule has 25 heavy (non-hydrogen) atoms. The molecule has 1 saturated heterocycles. The molecule has 3 aromatic rings. The summed E-state index contributed by atoms with van der Waals surface area (Å²) in [7, 11) is -1.83. The zero-order valence-corrected chi connectivity index (χ0v) is 14.6. The van der Waals surface area contributed by atoms with E-state index in [-0.39, 0.29) is 10.9 Å². The van der Waals surface area contributed by atoms with Crippen LogP contribution >= 0.6 is 0 Å². The predicted octanol–water partition coefficient (Wildman–Crippen LogP) is 1.30. The maximum atomic E-state index is 13.4. The second kappa shape index (κ2) is 6.21. The lowest BCUT2D eigenvalue weighted by Gasteiger charge is -2.34. The van der Waals surface area contributed by atoms with Crippen LogP contribution in [0, 0.1) is 0 Å². The van der Waals surface area contributed by atoms with Gasteiger partial charge < -0.3 is 9.88 Å². The van der Waals surface area contributed by atoms with E-state index in [2.05, 4.69) is 15.3 Å². The Labute approximate surface area is 146 Å². The summed E-state index contributed by atoms with van der Waals surface area (Å²) in [4.78, 5) is 8.91. The number of hydrogen-bond acceptors (Lipinski definition) is 5. The summed E-state index contributed by atoms with van der Waals surface area (Å²) >= 11 is 0. The van der Waals surface area contributed by atoms with Gasteiger partial charge in [-0.05, 0) is 12.1 Å². The number of para-hydroxylation sites is 1. The van der Waals surface area contributed by atoms with E-state index >= 15 is 0 Å². The van der Waals surface area contributed by atoms with Crippen molar-refractivity contribution in [2.45, 2.75) is 10.9 Å². The number of benzene rings is 1. The van der Waals surface area contributed by atoms with Crippen molar-refractivity contribution < 1.29 is 8.42 Å². The number of fused-ring (bicyclic) bond motifs is 1. The van der Waals surface area contributed by atoms with E-state index in [4.69, 9.17) is 0 Å². The fourth-order valence-corrected chi connectivity index (χ4v) is 5.06. The minimum Gasteiger partial charge on any atom is -0.337 e. The van der Waals surface area contributed by atoms with Crippen LogP contribution in [0.1, 0.15) is 11.9 Å². The van der Waals surface area contributed by atoms with Crippen molar-refractivity contribution in [1.82, 2.24) is 24.2 Å². The molecule has 1 unspecified atom stereocenters. The van der Waals surface area contributed by atoms with Crippen LogP contribution in [0.25, 0.3) is 10.9 Å². The molecule has 0 saturated carbocycles. The van der Waals surface area contributed by atoms with Gasteiger partial charge in [-0.1, -0.05) is 18.2 Å². The van der Waals surface area contributed by atoms with E-state index in [9.17, 15) is 8.42 Å². The molecule has 130 valence electrons. The van der Waals surface area contributed by atoms with Gasteiger partial charge in [0.15, 0.2) is 0 Å². The summed E-state index contributed by atoms with van der Waals surface area (Å²) in [6, 6.07) is 8.58. The Bertz CT molecular complexity index is 1010. The number of imidazole rings is 1. The third kappa shape index (κ3) is 2.72. The van der Waals surface area contributed by atoms with E-state index in [1.165, 1.54) is 4.31 Å². The number of hydrogen-bond donors (Lipinski definition) is 1. The highest BCUT2D eigenvalue weighted by Gasteiger charge is 2.37. The maximum Gasteiger partial charge on any atom is 0.246 e. The van der Waals surface area contributed by atoms with Crippen LogP contribution in [0.5, 0.6) is 0 Å². The molecule has 3 heterocycles. The Kier molecular flexibility index (Phi) is 4.03. The van der Waals surface area contributed by atoms with Crippen molar-refractivity contribution >= 4 is 20.9 Å². The van der Waals surface area contributed by atoms with Crippen LogP contribution < -0.4 is 5.32 Å². The summed E-state index contributed by atoms with van der Waals surface area (Å²) in [5.41, 5.74) is 0.502. The summed E-state index contributed by atoms with van der Waals surface area (Å²) in [6.45, 7) is 1.53. The molecule has 0 bridgehead atoms. The molecule has 1 fully saturated rings. The van der Waals surface area contributed by atoms with E-state index in [0.717, 1.165) is 11.2 Å². The standard InChI is InChI=1S/C17H19N5O2S/c1-21-10-9-20-17(21)14-12-18-8-11-22(14)25(23,24)15-6-2-4-13-5-3-7-19-16(13)15/h2-7,9-10,14,18H,8,11-12H2,1H3. The molecule has 1 aliphatic heterocycles. The van der Waals surface area contributed by atoms with Crippen molar-refractivity contribution in [2.75, 3.05) is 19.6 Å². The van der Waals surface area contributed by atoms with Gasteiger partial charge in [0.1, 0.15) is 10.7 Å². The van der Waals surface area contributed by atoms with Crippen LogP contribution in [0.3, 0.4) is 0 Å². The topological polar surface area (TPSA) is 80.1 Å². The molecule has 1 atom stereocenters. The minimum absolute atomic E-state index is 0.242. The Morgan fingerprint density at radius 3 is 2.80 bits per heavy atom. The summed E-state index contributed by atoms with van der Waals surface area (Å²) in [5.74, 6) is 0.726. The second-order valence-electron chi connectivity index (χ2n) is 6.06. The lowest BCUT2D eigenvalue weighted by Crippen LogP contribution is -2.49. The predicted molar refractivity (Wildman–Crippen MR) is 94.5 cm³/mol. The third-order valence-electron chi connectivity index (χ3n) is 4.53. The second-order valence-corrected chi connectivity index (χ2v) is 7.92. The van der Waals surface area contributed by atoms with Gasteiger partial charge in [-0.2, -0.15) is 4.31 Å². The Morgan fingerprint density at radius 2 is 2.00 bits per heavy atom. The third-order valence-corrected chi connectivity index (χ3v) is 6.47. The fourth-order valence-electron chi connectivity index (χ4n) is 3.30. The number of aryl methyl sites for hydroxylation is 1. The number of nitrogens with zero attached hydrogens (tertiary/aromatic N) is 4. The first-order valence-electron chi connectivity index (χ1n) is 8.12. The summed E-state index contributed by atoms with van der Waals surface area (Å²) in [5, 5.41) is 4.08. The van der Waals surface area contributed by atoms with Gasteiger partial charge in [0.2, 0.25) is 10.0 Å². The molecular weight excluding hydrogens is 338 g/mol. The molecule has 8 heteroatoms. The fraction of sp³-hybridized carbons (Fsp3) is 0.294. The molecular formula is C17H19N5O2S.